The molecular weight excluding hydrogens is 306 g/mol. The summed E-state index contributed by atoms with van der Waals surface area (Å²) >= 11 is 0. The number of amides is 1. The van der Waals surface area contributed by atoms with E-state index in [1.165, 1.54) is 6.92 Å². The summed E-state index contributed by atoms with van der Waals surface area (Å²) in [6.45, 7) is -0.916. The van der Waals surface area contributed by atoms with Gasteiger partial charge >= 0.3 is 12.4 Å². The number of alkyl halides is 6. The average molecular weight is 316 g/mol. The predicted molar refractivity (Wildman–Crippen MR) is 58.3 cm³/mol. The topological polar surface area (TPSA) is 51.2 Å². The van der Waals surface area contributed by atoms with Gasteiger partial charge in [0.25, 0.3) is 0 Å². The molecule has 0 aliphatic rings. The van der Waals surface area contributed by atoms with Crippen molar-refractivity contribution in [2.45, 2.75) is 25.8 Å². The number of ether oxygens (including phenoxy) is 1. The lowest BCUT2D eigenvalue weighted by Gasteiger charge is -2.15. The Morgan fingerprint density at radius 2 is 1.90 bits per heavy atom. The number of carbonyl (C=O) groups is 1. The Balaban J connectivity index is 3.02. The van der Waals surface area contributed by atoms with Crippen molar-refractivity contribution in [2.75, 3.05) is 6.61 Å². The van der Waals surface area contributed by atoms with Crippen molar-refractivity contribution in [1.29, 1.82) is 0 Å². The van der Waals surface area contributed by atoms with Gasteiger partial charge in [-0.2, -0.15) is 26.3 Å². The molecule has 0 saturated carbocycles. The van der Waals surface area contributed by atoms with E-state index in [9.17, 15) is 31.1 Å². The van der Waals surface area contributed by atoms with Crippen molar-refractivity contribution in [3.8, 4) is 5.75 Å². The van der Waals surface area contributed by atoms with E-state index in [4.69, 9.17) is 0 Å². The molecule has 10 heteroatoms. The van der Waals surface area contributed by atoms with E-state index in [0.29, 0.717) is 12.3 Å². The zero-order valence-corrected chi connectivity index (χ0v) is 10.6. The standard InChI is InChI=1S/C11H10F6N2O2/c1-6(20)18-3-7-2-9(21-5-10(12,13)14)8(4-19-7)11(15,16)17/h2,4H,3,5H2,1H3,(H,18,20). The minimum Gasteiger partial charge on any atom is -0.483 e. The molecule has 21 heavy (non-hydrogen) atoms. The molecule has 0 bridgehead atoms. The molecule has 4 nitrogen and oxygen atoms in total. The van der Waals surface area contributed by atoms with Gasteiger partial charge in [-0.3, -0.25) is 9.78 Å². The summed E-state index contributed by atoms with van der Waals surface area (Å²) in [5.41, 5.74) is -1.48. The maximum absolute atomic E-state index is 12.6. The number of halogens is 6. The number of nitrogens with zero attached hydrogens (tertiary/aromatic N) is 1. The highest BCUT2D eigenvalue weighted by atomic mass is 19.4. The predicted octanol–water partition coefficient (Wildman–Crippen LogP) is 2.68. The van der Waals surface area contributed by atoms with E-state index in [1.807, 2.05) is 0 Å². The van der Waals surface area contributed by atoms with Crippen LogP contribution in [0.2, 0.25) is 0 Å². The summed E-state index contributed by atoms with van der Waals surface area (Å²) < 4.78 is 78.2. The second kappa shape index (κ2) is 6.19. The molecule has 1 rings (SSSR count). The fourth-order valence-electron chi connectivity index (χ4n) is 1.28. The number of hydrogen-bond acceptors (Lipinski definition) is 3. The third-order valence-corrected chi connectivity index (χ3v) is 2.14. The summed E-state index contributed by atoms with van der Waals surface area (Å²) in [4.78, 5) is 14.1. The van der Waals surface area contributed by atoms with Gasteiger partial charge in [-0.15, -0.1) is 0 Å². The number of aromatic nitrogens is 1. The molecule has 1 heterocycles. The molecule has 0 aromatic carbocycles. The first kappa shape index (κ1) is 17.1. The van der Waals surface area contributed by atoms with Crippen molar-refractivity contribution in [3.63, 3.8) is 0 Å². The maximum atomic E-state index is 12.6. The van der Waals surface area contributed by atoms with Gasteiger partial charge in [0.05, 0.1) is 12.2 Å². The number of hydrogen-bond donors (Lipinski definition) is 1. The Morgan fingerprint density at radius 3 is 2.38 bits per heavy atom. The first-order valence-electron chi connectivity index (χ1n) is 5.49. The van der Waals surface area contributed by atoms with Crippen LogP contribution in [-0.2, 0) is 17.5 Å². The second-order valence-electron chi connectivity index (χ2n) is 3.98. The average Bonchev–Trinajstić information content (AvgIpc) is 2.31. The fourth-order valence-corrected chi connectivity index (χ4v) is 1.28. The summed E-state index contributed by atoms with van der Waals surface area (Å²) in [7, 11) is 0. The van der Waals surface area contributed by atoms with Crippen LogP contribution in [-0.4, -0.2) is 23.7 Å². The third kappa shape index (κ3) is 5.88. The Labute approximate surface area is 115 Å². The van der Waals surface area contributed by atoms with E-state index in [1.54, 1.807) is 0 Å². The first-order chi connectivity index (χ1) is 9.49. The van der Waals surface area contributed by atoms with Gasteiger partial charge in [-0.25, -0.2) is 0 Å². The zero-order chi connectivity index (χ0) is 16.3. The smallest absolute Gasteiger partial charge is 0.422 e. The Hall–Kier alpha value is -2.00. The van der Waals surface area contributed by atoms with E-state index in [2.05, 4.69) is 15.0 Å². The van der Waals surface area contributed by atoms with E-state index in [0.717, 1.165) is 0 Å². The lowest BCUT2D eigenvalue weighted by Crippen LogP contribution is -2.22. The van der Waals surface area contributed by atoms with Crippen molar-refractivity contribution >= 4 is 5.91 Å². The van der Waals surface area contributed by atoms with Crippen molar-refractivity contribution in [2.24, 2.45) is 0 Å². The van der Waals surface area contributed by atoms with E-state index < -0.39 is 36.2 Å². The summed E-state index contributed by atoms with van der Waals surface area (Å²) in [5, 5.41) is 2.26. The summed E-state index contributed by atoms with van der Waals surface area (Å²) in [6, 6.07) is 0.713. The Bertz CT molecular complexity index is 512. The van der Waals surface area contributed by atoms with Gasteiger partial charge in [0.15, 0.2) is 6.61 Å². The van der Waals surface area contributed by atoms with Crippen LogP contribution >= 0.6 is 0 Å². The van der Waals surface area contributed by atoms with Gasteiger partial charge in [0.2, 0.25) is 5.91 Å². The first-order valence-corrected chi connectivity index (χ1v) is 5.49. The Kier molecular flexibility index (Phi) is 5.02. The Morgan fingerprint density at radius 1 is 1.29 bits per heavy atom. The van der Waals surface area contributed by atoms with Crippen LogP contribution in [0, 0.1) is 0 Å². The van der Waals surface area contributed by atoms with Crippen LogP contribution in [0.1, 0.15) is 18.2 Å². The highest BCUT2D eigenvalue weighted by molar-refractivity contribution is 5.72. The maximum Gasteiger partial charge on any atom is 0.422 e. The molecule has 0 radical (unpaired) electrons. The number of nitrogens with one attached hydrogen (secondary N) is 1. The second-order valence-corrected chi connectivity index (χ2v) is 3.98. The lowest BCUT2D eigenvalue weighted by atomic mass is 10.2. The zero-order valence-electron chi connectivity index (χ0n) is 10.6. The van der Waals surface area contributed by atoms with Crippen molar-refractivity contribution < 1.29 is 35.9 Å². The monoisotopic (exact) mass is 316 g/mol. The van der Waals surface area contributed by atoms with Crippen molar-refractivity contribution in [1.82, 2.24) is 10.3 Å². The van der Waals surface area contributed by atoms with Gasteiger partial charge < -0.3 is 10.1 Å². The van der Waals surface area contributed by atoms with E-state index >= 15 is 0 Å². The number of carbonyl (C=O) groups excluding carboxylic acids is 1. The van der Waals surface area contributed by atoms with E-state index in [-0.39, 0.29) is 12.2 Å². The molecule has 0 atom stereocenters. The molecule has 0 aliphatic heterocycles. The van der Waals surface area contributed by atoms with Crippen LogP contribution < -0.4 is 10.1 Å². The molecule has 1 aromatic heterocycles. The number of rotatable bonds is 4. The molecule has 1 N–H and O–H groups in total. The molecule has 0 aliphatic carbocycles. The van der Waals surface area contributed by atoms with Crippen molar-refractivity contribution in [3.05, 3.63) is 23.5 Å². The largest absolute Gasteiger partial charge is 0.483 e. The summed E-state index contributed by atoms with van der Waals surface area (Å²) in [5.74, 6) is -1.45. The molecule has 0 spiro atoms. The van der Waals surface area contributed by atoms with Gasteiger partial charge in [0.1, 0.15) is 11.3 Å². The van der Waals surface area contributed by atoms with Crippen LogP contribution in [0.3, 0.4) is 0 Å². The SMILES string of the molecule is CC(=O)NCc1cc(OCC(F)(F)F)c(C(F)(F)F)cn1. The highest BCUT2D eigenvalue weighted by Gasteiger charge is 2.37. The van der Waals surface area contributed by atoms with Crippen LogP contribution in [0.4, 0.5) is 26.3 Å². The molecule has 1 aromatic rings. The minimum atomic E-state index is -4.90. The molecule has 0 unspecified atom stereocenters. The van der Waals surface area contributed by atoms with Crippen LogP contribution in [0.25, 0.3) is 0 Å². The van der Waals surface area contributed by atoms with Gasteiger partial charge in [-0.1, -0.05) is 0 Å². The lowest BCUT2D eigenvalue weighted by molar-refractivity contribution is -0.159. The summed E-state index contributed by atoms with van der Waals surface area (Å²) in [6.07, 6.45) is -9.31. The third-order valence-electron chi connectivity index (χ3n) is 2.14. The molecule has 1 amide bonds. The normalized spacial score (nSPS) is 12.1. The van der Waals surface area contributed by atoms with Crippen LogP contribution in [0.15, 0.2) is 12.3 Å². The fraction of sp³-hybridized carbons (Fsp3) is 0.455. The van der Waals surface area contributed by atoms with Gasteiger partial charge in [-0.05, 0) is 0 Å². The molecular formula is C11H10F6N2O2. The van der Waals surface area contributed by atoms with Crippen LogP contribution in [0.5, 0.6) is 5.75 Å². The van der Waals surface area contributed by atoms with Gasteiger partial charge in [0, 0.05) is 19.2 Å². The number of pyridine rings is 1. The quantitative estimate of drug-likeness (QED) is 0.869. The minimum absolute atomic E-state index is 0.0598. The molecule has 0 fully saturated rings. The highest BCUT2D eigenvalue weighted by Crippen LogP contribution is 2.36. The molecule has 118 valence electrons. The molecule has 0 saturated heterocycles.